The van der Waals surface area contributed by atoms with Crippen LogP contribution in [-0.2, 0) is 14.7 Å². The molecule has 1 fully saturated rings. The Morgan fingerprint density at radius 1 is 1.42 bits per heavy atom. The number of anilines is 1. The second-order valence-corrected chi connectivity index (χ2v) is 4.72. The van der Waals surface area contributed by atoms with Crippen LogP contribution >= 0.6 is 22.9 Å². The van der Waals surface area contributed by atoms with Gasteiger partial charge in [-0.3, -0.25) is 10.1 Å². The molecule has 1 unspecified atom stereocenters. The van der Waals surface area contributed by atoms with Gasteiger partial charge in [0.2, 0.25) is 0 Å². The molecule has 100 valence electrons. The molecule has 8 nitrogen and oxygen atoms in total. The predicted molar refractivity (Wildman–Crippen MR) is 63.2 cm³/mol. The van der Waals surface area contributed by atoms with Gasteiger partial charge < -0.3 is 4.42 Å². The highest BCUT2D eigenvalue weighted by molar-refractivity contribution is 7.10. The zero-order chi connectivity index (χ0) is 13.4. The van der Waals surface area contributed by atoms with E-state index < -0.39 is 17.1 Å². The fourth-order valence-corrected chi connectivity index (χ4v) is 2.45. The number of rotatable bonds is 3. The largest absolute Gasteiger partial charge is 0.434 e. The Labute approximate surface area is 114 Å². The van der Waals surface area contributed by atoms with Gasteiger partial charge in [-0.1, -0.05) is 21.8 Å². The lowest BCUT2D eigenvalue weighted by molar-refractivity contribution is -0.402. The average molecular weight is 305 g/mol. The summed E-state index contributed by atoms with van der Waals surface area (Å²) in [5, 5.41) is 13.5. The van der Waals surface area contributed by atoms with Gasteiger partial charge in [-0.2, -0.15) is 4.89 Å². The summed E-state index contributed by atoms with van der Waals surface area (Å²) >= 11 is 7.25. The van der Waals surface area contributed by atoms with Gasteiger partial charge in [-0.05, 0) is 11.4 Å². The number of nitro groups is 1. The van der Waals surface area contributed by atoms with Crippen molar-refractivity contribution in [3.63, 3.8) is 0 Å². The van der Waals surface area contributed by atoms with E-state index in [1.54, 1.807) is 11.4 Å². The van der Waals surface area contributed by atoms with Gasteiger partial charge in [0.15, 0.2) is 0 Å². The van der Waals surface area contributed by atoms with E-state index >= 15 is 0 Å². The van der Waals surface area contributed by atoms with Gasteiger partial charge in [0.05, 0.1) is 16.0 Å². The lowest BCUT2D eigenvalue weighted by Gasteiger charge is -2.06. The molecule has 0 radical (unpaired) electrons. The average Bonchev–Trinajstić information content (AvgIpc) is 3.07. The molecule has 3 rings (SSSR count). The molecule has 2 aromatic rings. The summed E-state index contributed by atoms with van der Waals surface area (Å²) in [5.74, 6) is -0.443. The Morgan fingerprint density at radius 2 is 2.26 bits per heavy atom. The molecule has 0 N–H and O–H groups in total. The molecule has 0 saturated carbocycles. The Hall–Kier alpha value is -1.65. The summed E-state index contributed by atoms with van der Waals surface area (Å²) < 4.78 is 4.89. The van der Waals surface area contributed by atoms with Crippen molar-refractivity contribution < 1.29 is 24.1 Å². The van der Waals surface area contributed by atoms with Crippen LogP contribution in [0.15, 0.2) is 28.0 Å². The lowest BCUT2D eigenvalue weighted by Crippen LogP contribution is -2.13. The maximum absolute atomic E-state index is 10.5. The molecule has 0 aromatic carbocycles. The van der Waals surface area contributed by atoms with Crippen LogP contribution in [0.4, 0.5) is 11.8 Å². The molecule has 0 bridgehead atoms. The molecular weight excluding hydrogens is 300 g/mol. The molecule has 19 heavy (non-hydrogen) atoms. The van der Waals surface area contributed by atoms with Gasteiger partial charge >= 0.3 is 5.88 Å². The van der Waals surface area contributed by atoms with E-state index in [4.69, 9.17) is 30.7 Å². The number of hydrogen-bond acceptors (Lipinski definition) is 8. The van der Waals surface area contributed by atoms with Gasteiger partial charge in [0.1, 0.15) is 4.92 Å². The minimum absolute atomic E-state index is 0.0121. The SMILES string of the molecule is O=[N+]([O-])c1ccc(N2OOC(c3sccc3Cl)O2)o1. The van der Waals surface area contributed by atoms with Gasteiger partial charge in [-0.25, -0.2) is 4.84 Å². The fourth-order valence-electron chi connectivity index (χ4n) is 1.37. The van der Waals surface area contributed by atoms with E-state index in [9.17, 15) is 10.1 Å². The minimum Gasteiger partial charge on any atom is -0.380 e. The number of hydrogen-bond donors (Lipinski definition) is 0. The van der Waals surface area contributed by atoms with Gasteiger partial charge in [0.25, 0.3) is 12.2 Å². The summed E-state index contributed by atoms with van der Waals surface area (Å²) in [6.07, 6.45) is -0.850. The second-order valence-electron chi connectivity index (χ2n) is 3.37. The third kappa shape index (κ3) is 2.29. The molecule has 0 aliphatic carbocycles. The molecular formula is C9H5ClN2O6S. The third-order valence-corrected chi connectivity index (χ3v) is 3.57. The lowest BCUT2D eigenvalue weighted by atomic mass is 10.4. The second kappa shape index (κ2) is 4.79. The summed E-state index contributed by atoms with van der Waals surface area (Å²) in [6, 6.07) is 4.18. The van der Waals surface area contributed by atoms with Crippen LogP contribution in [0.3, 0.4) is 0 Å². The van der Waals surface area contributed by atoms with Crippen LogP contribution in [0.5, 0.6) is 0 Å². The Bertz CT molecular complexity index is 613. The number of thiophene rings is 1. The Morgan fingerprint density at radius 3 is 2.89 bits per heavy atom. The summed E-state index contributed by atoms with van der Waals surface area (Å²) in [4.78, 5) is 25.4. The van der Waals surface area contributed by atoms with Crippen LogP contribution in [0.25, 0.3) is 0 Å². The molecule has 1 saturated heterocycles. The van der Waals surface area contributed by atoms with E-state index in [1.807, 2.05) is 0 Å². The highest BCUT2D eigenvalue weighted by Gasteiger charge is 2.34. The highest BCUT2D eigenvalue weighted by atomic mass is 35.5. The fraction of sp³-hybridized carbons (Fsp3) is 0.111. The van der Waals surface area contributed by atoms with Crippen molar-refractivity contribution in [2.24, 2.45) is 0 Å². The summed E-state index contributed by atoms with van der Waals surface area (Å²) in [6.45, 7) is 0. The highest BCUT2D eigenvalue weighted by Crippen LogP contribution is 2.38. The summed E-state index contributed by atoms with van der Waals surface area (Å²) in [7, 11) is 0. The standard InChI is InChI=1S/C9H5ClN2O6S/c10-5-3-4-19-8(5)9-16-12(18-17-9)7-2-1-6(15-7)11(13)14/h1-4,9H. The number of furan rings is 1. The van der Waals surface area contributed by atoms with Crippen molar-refractivity contribution >= 4 is 34.7 Å². The van der Waals surface area contributed by atoms with E-state index in [0.717, 1.165) is 5.23 Å². The smallest absolute Gasteiger partial charge is 0.380 e. The molecule has 1 aliphatic rings. The maximum Gasteiger partial charge on any atom is 0.434 e. The van der Waals surface area contributed by atoms with Crippen molar-refractivity contribution in [1.82, 2.24) is 0 Å². The normalized spacial score (nSPS) is 19.0. The van der Waals surface area contributed by atoms with Crippen molar-refractivity contribution in [1.29, 1.82) is 0 Å². The Kier molecular flexibility index (Phi) is 3.12. The first kappa shape index (κ1) is 12.4. The quantitative estimate of drug-likeness (QED) is 0.488. The third-order valence-electron chi connectivity index (χ3n) is 2.19. The van der Waals surface area contributed by atoms with E-state index in [0.29, 0.717) is 9.90 Å². The molecule has 0 spiro atoms. The van der Waals surface area contributed by atoms with Crippen LogP contribution in [0, 0.1) is 10.1 Å². The minimum atomic E-state index is -0.850. The van der Waals surface area contributed by atoms with Crippen molar-refractivity contribution in [2.45, 2.75) is 6.29 Å². The molecule has 0 amide bonds. The molecule has 3 heterocycles. The first-order chi connectivity index (χ1) is 9.15. The van der Waals surface area contributed by atoms with Crippen LogP contribution in [-0.4, -0.2) is 4.92 Å². The zero-order valence-corrected chi connectivity index (χ0v) is 10.6. The predicted octanol–water partition coefficient (Wildman–Crippen LogP) is 3.22. The molecule has 1 atom stereocenters. The van der Waals surface area contributed by atoms with Crippen LogP contribution in [0.2, 0.25) is 5.02 Å². The monoisotopic (exact) mass is 304 g/mol. The first-order valence-electron chi connectivity index (χ1n) is 4.92. The molecule has 10 heteroatoms. The summed E-state index contributed by atoms with van der Waals surface area (Å²) in [5.41, 5.74) is 0. The van der Waals surface area contributed by atoms with E-state index in [-0.39, 0.29) is 5.88 Å². The topological polar surface area (TPSA) is 87.2 Å². The number of halogens is 1. The molecule has 2 aromatic heterocycles. The molecule has 1 aliphatic heterocycles. The maximum atomic E-state index is 10.5. The van der Waals surface area contributed by atoms with E-state index in [2.05, 4.69) is 0 Å². The zero-order valence-electron chi connectivity index (χ0n) is 9.02. The van der Waals surface area contributed by atoms with E-state index in [1.165, 1.54) is 23.5 Å². The first-order valence-corrected chi connectivity index (χ1v) is 6.18. The Balaban J connectivity index is 1.75. The number of nitrogens with zero attached hydrogens (tertiary/aromatic N) is 2. The van der Waals surface area contributed by atoms with Gasteiger partial charge in [-0.15, -0.1) is 11.3 Å². The van der Waals surface area contributed by atoms with Gasteiger partial charge in [0, 0.05) is 6.07 Å². The van der Waals surface area contributed by atoms with Crippen LogP contribution < -0.4 is 5.23 Å². The van der Waals surface area contributed by atoms with Crippen molar-refractivity contribution in [3.05, 3.63) is 43.6 Å². The van der Waals surface area contributed by atoms with Crippen LogP contribution in [0.1, 0.15) is 11.2 Å². The van der Waals surface area contributed by atoms with Crippen molar-refractivity contribution in [2.75, 3.05) is 5.23 Å². The van der Waals surface area contributed by atoms with Crippen molar-refractivity contribution in [3.8, 4) is 0 Å².